The fourth-order valence-corrected chi connectivity index (χ4v) is 7.70. The minimum absolute atomic E-state index is 0.00485. The van der Waals surface area contributed by atoms with Crippen molar-refractivity contribution in [1.82, 2.24) is 19.7 Å². The summed E-state index contributed by atoms with van der Waals surface area (Å²) in [5, 5.41) is 9.39. The molecule has 0 spiro atoms. The lowest BCUT2D eigenvalue weighted by Gasteiger charge is -2.59. The monoisotopic (exact) mass is 432 g/mol. The Labute approximate surface area is 188 Å². The third kappa shape index (κ3) is 2.81. The van der Waals surface area contributed by atoms with E-state index < -0.39 is 6.04 Å². The van der Waals surface area contributed by atoms with E-state index in [4.69, 9.17) is 0 Å². The summed E-state index contributed by atoms with van der Waals surface area (Å²) in [6.07, 6.45) is 9.71. The summed E-state index contributed by atoms with van der Waals surface area (Å²) >= 11 is 0. The van der Waals surface area contributed by atoms with Gasteiger partial charge < -0.3 is 9.88 Å². The molecule has 0 aliphatic heterocycles. The molecule has 3 aromatic rings. The first-order valence-corrected chi connectivity index (χ1v) is 12.1. The quantitative estimate of drug-likeness (QED) is 0.673. The summed E-state index contributed by atoms with van der Waals surface area (Å²) in [6.45, 7) is 4.13. The maximum atomic E-state index is 13.6. The molecule has 1 amide bonds. The van der Waals surface area contributed by atoms with E-state index in [2.05, 4.69) is 17.3 Å². The summed E-state index contributed by atoms with van der Waals surface area (Å²) < 4.78 is 3.26. The average molecular weight is 433 g/mol. The maximum absolute atomic E-state index is 13.6. The third-order valence-electron chi connectivity index (χ3n) is 8.94. The van der Waals surface area contributed by atoms with Crippen LogP contribution in [0.2, 0.25) is 0 Å². The van der Waals surface area contributed by atoms with Crippen LogP contribution in [0.25, 0.3) is 21.8 Å². The average Bonchev–Trinajstić information content (AvgIpc) is 3.10. The van der Waals surface area contributed by atoms with Crippen LogP contribution in [-0.2, 0) is 11.8 Å². The zero-order valence-electron chi connectivity index (χ0n) is 19.2. The Morgan fingerprint density at radius 2 is 1.69 bits per heavy atom. The van der Waals surface area contributed by atoms with Gasteiger partial charge >= 0.3 is 0 Å². The molecule has 6 nitrogen and oxygen atoms in total. The SMILES string of the molecule is C[C@@H](C(=O)N[C@H](C)C12CC3CC(CC(C3)C1)C2)n1c2ccccc2c2cnn(C)c(=O)c21. The predicted molar refractivity (Wildman–Crippen MR) is 125 cm³/mol. The number of benzene rings is 1. The highest BCUT2D eigenvalue weighted by Gasteiger charge is 2.53. The number of para-hydroxylation sites is 1. The highest BCUT2D eigenvalue weighted by Crippen LogP contribution is 2.61. The molecule has 4 aliphatic carbocycles. The molecule has 6 heteroatoms. The normalized spacial score (nSPS) is 30.7. The molecule has 4 saturated carbocycles. The van der Waals surface area contributed by atoms with E-state index in [9.17, 15) is 9.59 Å². The molecule has 0 saturated heterocycles. The van der Waals surface area contributed by atoms with Gasteiger partial charge in [0.1, 0.15) is 11.6 Å². The number of nitrogens with zero attached hydrogens (tertiary/aromatic N) is 3. The molecule has 0 radical (unpaired) electrons. The van der Waals surface area contributed by atoms with E-state index in [1.165, 1.54) is 43.2 Å². The van der Waals surface area contributed by atoms with Crippen molar-refractivity contribution in [2.45, 2.75) is 64.5 Å². The Balaban J connectivity index is 1.35. The van der Waals surface area contributed by atoms with Crippen molar-refractivity contribution in [3.8, 4) is 0 Å². The number of carbonyl (C=O) groups is 1. The van der Waals surface area contributed by atoms with Crippen LogP contribution < -0.4 is 10.9 Å². The maximum Gasteiger partial charge on any atom is 0.291 e. The number of carbonyl (C=O) groups excluding carboxylic acids is 1. The third-order valence-corrected chi connectivity index (χ3v) is 8.94. The van der Waals surface area contributed by atoms with E-state index in [1.807, 2.05) is 35.8 Å². The second kappa shape index (κ2) is 6.93. The molecule has 2 atom stereocenters. The van der Waals surface area contributed by atoms with Gasteiger partial charge in [-0.25, -0.2) is 4.68 Å². The van der Waals surface area contributed by atoms with E-state index in [1.54, 1.807) is 13.2 Å². The van der Waals surface area contributed by atoms with Crippen molar-refractivity contribution < 1.29 is 4.79 Å². The van der Waals surface area contributed by atoms with Gasteiger partial charge in [0, 0.05) is 23.9 Å². The molecule has 1 N–H and O–H groups in total. The van der Waals surface area contributed by atoms with Crippen LogP contribution >= 0.6 is 0 Å². The summed E-state index contributed by atoms with van der Waals surface area (Å²) in [4.78, 5) is 26.6. The lowest BCUT2D eigenvalue weighted by molar-refractivity contribution is -0.128. The topological polar surface area (TPSA) is 68.9 Å². The van der Waals surface area contributed by atoms with Crippen LogP contribution in [0.1, 0.15) is 58.4 Å². The summed E-state index contributed by atoms with van der Waals surface area (Å²) in [7, 11) is 1.66. The molecule has 168 valence electrons. The number of hydrogen-bond donors (Lipinski definition) is 1. The lowest BCUT2D eigenvalue weighted by Crippen LogP contribution is -2.56. The fourth-order valence-electron chi connectivity index (χ4n) is 7.70. The van der Waals surface area contributed by atoms with Gasteiger partial charge in [0.2, 0.25) is 5.91 Å². The fraction of sp³-hybridized carbons (Fsp3) is 0.577. The van der Waals surface area contributed by atoms with Crippen molar-refractivity contribution >= 4 is 27.7 Å². The Kier molecular flexibility index (Phi) is 4.33. The molecule has 7 rings (SSSR count). The number of rotatable bonds is 4. The van der Waals surface area contributed by atoms with E-state index in [0.29, 0.717) is 5.52 Å². The van der Waals surface area contributed by atoms with Crippen molar-refractivity contribution in [1.29, 1.82) is 0 Å². The van der Waals surface area contributed by atoms with Crippen LogP contribution in [0.3, 0.4) is 0 Å². The molecule has 0 unspecified atom stereocenters. The zero-order chi connectivity index (χ0) is 22.2. The number of hydrogen-bond acceptors (Lipinski definition) is 3. The van der Waals surface area contributed by atoms with Crippen LogP contribution in [-0.4, -0.2) is 26.3 Å². The largest absolute Gasteiger partial charge is 0.351 e. The summed E-state index contributed by atoms with van der Waals surface area (Å²) in [5.74, 6) is 2.55. The molecule has 2 aromatic heterocycles. The lowest BCUT2D eigenvalue weighted by atomic mass is 9.48. The molecule has 4 aliphatic rings. The van der Waals surface area contributed by atoms with Gasteiger partial charge in [-0.2, -0.15) is 5.10 Å². The van der Waals surface area contributed by atoms with Crippen LogP contribution in [0, 0.1) is 23.2 Å². The van der Waals surface area contributed by atoms with Crippen molar-refractivity contribution in [3.05, 3.63) is 40.8 Å². The number of fused-ring (bicyclic) bond motifs is 3. The summed E-state index contributed by atoms with van der Waals surface area (Å²) in [6, 6.07) is 7.58. The molecule has 1 aromatic carbocycles. The van der Waals surface area contributed by atoms with Gasteiger partial charge in [0.05, 0.1) is 11.7 Å². The van der Waals surface area contributed by atoms with Crippen LogP contribution in [0.15, 0.2) is 35.3 Å². The summed E-state index contributed by atoms with van der Waals surface area (Å²) in [5.41, 5.74) is 1.53. The van der Waals surface area contributed by atoms with Crippen molar-refractivity contribution in [2.75, 3.05) is 0 Å². The van der Waals surface area contributed by atoms with Gasteiger partial charge in [-0.15, -0.1) is 0 Å². The molecular weight excluding hydrogens is 400 g/mol. The smallest absolute Gasteiger partial charge is 0.291 e. The van der Waals surface area contributed by atoms with Gasteiger partial charge in [-0.3, -0.25) is 9.59 Å². The number of amides is 1. The highest BCUT2D eigenvalue weighted by molar-refractivity contribution is 6.08. The Morgan fingerprint density at radius 3 is 2.34 bits per heavy atom. The van der Waals surface area contributed by atoms with E-state index >= 15 is 0 Å². The van der Waals surface area contributed by atoms with Gasteiger partial charge in [0.15, 0.2) is 0 Å². The Bertz CT molecular complexity index is 1250. The Morgan fingerprint density at radius 1 is 1.06 bits per heavy atom. The van der Waals surface area contributed by atoms with Crippen molar-refractivity contribution in [2.24, 2.45) is 30.2 Å². The minimum atomic E-state index is -0.483. The van der Waals surface area contributed by atoms with Crippen LogP contribution in [0.4, 0.5) is 0 Å². The van der Waals surface area contributed by atoms with Crippen molar-refractivity contribution in [3.63, 3.8) is 0 Å². The first-order valence-electron chi connectivity index (χ1n) is 12.1. The highest BCUT2D eigenvalue weighted by atomic mass is 16.2. The second-order valence-corrected chi connectivity index (χ2v) is 10.9. The predicted octanol–water partition coefficient (Wildman–Crippen LogP) is 4.17. The molecule has 4 bridgehead atoms. The standard InChI is InChI=1S/C26H32N4O2/c1-15(24(31)28-16(2)26-11-17-8-18(12-26)10-19(9-17)13-26)30-22-7-5-4-6-20(22)21-14-27-29(3)25(32)23(21)30/h4-7,14-19H,8-13H2,1-3H3,(H,28,31)/t15-,16+,17?,18?,19?,26?/m0/s1. The molecule has 2 heterocycles. The Hall–Kier alpha value is -2.63. The second-order valence-electron chi connectivity index (χ2n) is 10.9. The van der Waals surface area contributed by atoms with Gasteiger partial charge in [-0.1, -0.05) is 18.2 Å². The van der Waals surface area contributed by atoms with Gasteiger partial charge in [-0.05, 0) is 81.6 Å². The molecular formula is C26H32N4O2. The number of aromatic nitrogens is 3. The number of nitrogens with one attached hydrogen (secondary N) is 1. The first-order chi connectivity index (χ1) is 15.4. The molecule has 4 fully saturated rings. The first kappa shape index (κ1) is 20.0. The van der Waals surface area contributed by atoms with Crippen LogP contribution in [0.5, 0.6) is 0 Å². The van der Waals surface area contributed by atoms with Gasteiger partial charge in [0.25, 0.3) is 5.56 Å². The number of aryl methyl sites for hydroxylation is 1. The molecule has 32 heavy (non-hydrogen) atoms. The minimum Gasteiger partial charge on any atom is -0.351 e. The van der Waals surface area contributed by atoms with E-state index in [-0.39, 0.29) is 22.9 Å². The zero-order valence-corrected chi connectivity index (χ0v) is 19.2. The van der Waals surface area contributed by atoms with E-state index in [0.717, 1.165) is 34.0 Å².